The van der Waals surface area contributed by atoms with Crippen molar-refractivity contribution in [2.45, 2.75) is 56.9 Å². The van der Waals surface area contributed by atoms with Crippen LogP contribution in [0.3, 0.4) is 0 Å². The molecule has 2 N–H and O–H groups in total. The summed E-state index contributed by atoms with van der Waals surface area (Å²) in [6.07, 6.45) is -0.908. The van der Waals surface area contributed by atoms with Gasteiger partial charge in [0.15, 0.2) is 0 Å². The standard InChI is InChI=1S/C24H31F3N6O3S2/c1-5-23-9-14(28-3)12-33(23)21(34)15-8-18(37-20(15)23)19-16(24(25,26)27)10-29-22(31-19)30-17-6-7-32(11-13(17)2)38(4,35)36/h8,10,13-14,17,28H,5-7,9,11-12H2,1-4H3,(H,29,30,31)/t13-,14?,17+,23?/m1/s1. The number of nitrogens with one attached hydrogen (secondary N) is 2. The van der Waals surface area contributed by atoms with Crippen molar-refractivity contribution in [3.05, 3.63) is 28.3 Å². The van der Waals surface area contributed by atoms with Crippen molar-refractivity contribution >= 4 is 33.2 Å². The molecule has 0 aromatic carbocycles. The Labute approximate surface area is 223 Å². The lowest BCUT2D eigenvalue weighted by Gasteiger charge is -2.35. The van der Waals surface area contributed by atoms with Gasteiger partial charge in [-0.3, -0.25) is 4.79 Å². The van der Waals surface area contributed by atoms with Crippen LogP contribution in [0.4, 0.5) is 19.1 Å². The van der Waals surface area contributed by atoms with E-state index in [4.69, 9.17) is 0 Å². The van der Waals surface area contributed by atoms with Gasteiger partial charge in [0.1, 0.15) is 5.56 Å². The first-order chi connectivity index (χ1) is 17.8. The third-order valence-corrected chi connectivity index (χ3v) is 10.7. The molecule has 4 atom stereocenters. The molecule has 0 radical (unpaired) electrons. The van der Waals surface area contributed by atoms with Gasteiger partial charge in [-0.05, 0) is 38.3 Å². The average Bonchev–Trinajstić information content (AvgIpc) is 3.50. The first kappa shape index (κ1) is 27.3. The average molecular weight is 573 g/mol. The minimum Gasteiger partial charge on any atom is -0.351 e. The van der Waals surface area contributed by atoms with Crippen molar-refractivity contribution in [3.63, 3.8) is 0 Å². The number of likely N-dealkylation sites (N-methyl/N-ethyl adjacent to an activating group) is 1. The summed E-state index contributed by atoms with van der Waals surface area (Å²) in [6, 6.07) is 1.46. The summed E-state index contributed by atoms with van der Waals surface area (Å²) >= 11 is 1.20. The van der Waals surface area contributed by atoms with Gasteiger partial charge in [-0.25, -0.2) is 22.7 Å². The molecular formula is C24H31F3N6O3S2. The number of alkyl halides is 3. The van der Waals surface area contributed by atoms with Gasteiger partial charge < -0.3 is 15.5 Å². The minimum atomic E-state index is -4.68. The van der Waals surface area contributed by atoms with E-state index in [-0.39, 0.29) is 40.4 Å². The molecule has 2 fully saturated rings. The van der Waals surface area contributed by atoms with Crippen molar-refractivity contribution in [2.24, 2.45) is 5.92 Å². The Morgan fingerprint density at radius 2 is 2.03 bits per heavy atom. The smallest absolute Gasteiger partial charge is 0.351 e. The summed E-state index contributed by atoms with van der Waals surface area (Å²) in [5, 5.41) is 6.36. The third-order valence-electron chi connectivity index (χ3n) is 8.11. The Morgan fingerprint density at radius 1 is 1.29 bits per heavy atom. The number of thiophene rings is 1. The lowest BCUT2D eigenvalue weighted by Crippen LogP contribution is -2.47. The molecule has 38 heavy (non-hydrogen) atoms. The molecule has 2 aromatic rings. The van der Waals surface area contributed by atoms with E-state index in [0.29, 0.717) is 44.5 Å². The van der Waals surface area contributed by atoms with Crippen LogP contribution in [-0.4, -0.2) is 78.5 Å². The molecule has 3 aliphatic rings. The van der Waals surface area contributed by atoms with Crippen LogP contribution in [0, 0.1) is 5.92 Å². The highest BCUT2D eigenvalue weighted by Gasteiger charge is 2.55. The molecule has 2 aromatic heterocycles. The lowest BCUT2D eigenvalue weighted by atomic mass is 9.91. The SMILES string of the molecule is CCC12CC(NC)CN1C(=O)c1cc(-c3nc(N[C@H]4CCN(S(C)(=O)=O)C[C@H]4C)ncc3C(F)(F)F)sc12. The van der Waals surface area contributed by atoms with E-state index in [1.165, 1.54) is 15.6 Å². The summed E-state index contributed by atoms with van der Waals surface area (Å²) in [6.45, 7) is 5.04. The number of piperidine rings is 1. The highest BCUT2D eigenvalue weighted by atomic mass is 32.2. The number of nitrogens with zero attached hydrogens (tertiary/aromatic N) is 4. The molecule has 3 aliphatic heterocycles. The van der Waals surface area contributed by atoms with Gasteiger partial charge >= 0.3 is 6.18 Å². The molecule has 0 aliphatic carbocycles. The number of halogens is 3. The van der Waals surface area contributed by atoms with Gasteiger partial charge in [-0.15, -0.1) is 11.3 Å². The second-order valence-corrected chi connectivity index (χ2v) is 13.5. The normalized spacial score (nSPS) is 28.0. The molecule has 0 spiro atoms. The Kier molecular flexibility index (Phi) is 6.76. The van der Waals surface area contributed by atoms with E-state index in [2.05, 4.69) is 20.6 Å². The van der Waals surface area contributed by atoms with Crippen LogP contribution in [0.5, 0.6) is 0 Å². The van der Waals surface area contributed by atoms with Crippen LogP contribution in [0.1, 0.15) is 53.9 Å². The second-order valence-electron chi connectivity index (χ2n) is 10.4. The second kappa shape index (κ2) is 9.42. The van der Waals surface area contributed by atoms with Gasteiger partial charge in [0.05, 0.1) is 27.9 Å². The van der Waals surface area contributed by atoms with Gasteiger partial charge in [-0.1, -0.05) is 13.8 Å². The summed E-state index contributed by atoms with van der Waals surface area (Å²) in [5.74, 6) is -0.219. The highest BCUT2D eigenvalue weighted by molar-refractivity contribution is 7.88. The van der Waals surface area contributed by atoms with Crippen LogP contribution in [0.25, 0.3) is 10.6 Å². The zero-order valence-electron chi connectivity index (χ0n) is 21.6. The van der Waals surface area contributed by atoms with E-state index in [1.54, 1.807) is 6.07 Å². The maximum atomic E-state index is 14.0. The van der Waals surface area contributed by atoms with E-state index < -0.39 is 27.3 Å². The van der Waals surface area contributed by atoms with Crippen LogP contribution >= 0.6 is 11.3 Å². The number of carbonyl (C=O) groups excluding carboxylic acids is 1. The third kappa shape index (κ3) is 4.48. The molecule has 0 bridgehead atoms. The van der Waals surface area contributed by atoms with E-state index in [1.807, 2.05) is 25.8 Å². The molecule has 5 heterocycles. The summed E-state index contributed by atoms with van der Waals surface area (Å²) in [5.41, 5.74) is -1.30. The molecule has 2 saturated heterocycles. The fourth-order valence-electron chi connectivity index (χ4n) is 5.95. The van der Waals surface area contributed by atoms with Crippen LogP contribution in [-0.2, 0) is 21.7 Å². The number of hydrogen-bond donors (Lipinski definition) is 2. The number of hydrogen-bond acceptors (Lipinski definition) is 8. The largest absolute Gasteiger partial charge is 0.420 e. The molecule has 14 heteroatoms. The lowest BCUT2D eigenvalue weighted by molar-refractivity contribution is -0.137. The summed E-state index contributed by atoms with van der Waals surface area (Å²) < 4.78 is 67.3. The number of carbonyl (C=O) groups is 1. The Balaban J connectivity index is 1.49. The first-order valence-electron chi connectivity index (χ1n) is 12.6. The van der Waals surface area contributed by atoms with Gasteiger partial charge in [0.2, 0.25) is 16.0 Å². The number of aromatic nitrogens is 2. The monoisotopic (exact) mass is 572 g/mol. The predicted molar refractivity (Wildman–Crippen MR) is 138 cm³/mol. The molecule has 2 unspecified atom stereocenters. The topological polar surface area (TPSA) is 108 Å². The van der Waals surface area contributed by atoms with Gasteiger partial charge in [0.25, 0.3) is 5.91 Å². The van der Waals surface area contributed by atoms with Gasteiger partial charge in [-0.2, -0.15) is 13.2 Å². The first-order valence-corrected chi connectivity index (χ1v) is 15.2. The van der Waals surface area contributed by atoms with E-state index in [0.717, 1.165) is 17.3 Å². The van der Waals surface area contributed by atoms with Gasteiger partial charge in [0, 0.05) is 42.8 Å². The number of fused-ring (bicyclic) bond motifs is 3. The van der Waals surface area contributed by atoms with Crippen molar-refractivity contribution in [3.8, 4) is 10.6 Å². The molecular weight excluding hydrogens is 541 g/mol. The van der Waals surface area contributed by atoms with Crippen molar-refractivity contribution < 1.29 is 26.4 Å². The van der Waals surface area contributed by atoms with Crippen LogP contribution in [0.2, 0.25) is 0 Å². The highest BCUT2D eigenvalue weighted by Crippen LogP contribution is 2.54. The number of sulfonamides is 1. The van der Waals surface area contributed by atoms with E-state index in [9.17, 15) is 26.4 Å². The summed E-state index contributed by atoms with van der Waals surface area (Å²) in [4.78, 5) is 24.5. The van der Waals surface area contributed by atoms with Crippen molar-refractivity contribution in [2.75, 3.05) is 38.3 Å². The maximum absolute atomic E-state index is 14.0. The maximum Gasteiger partial charge on any atom is 0.420 e. The zero-order valence-corrected chi connectivity index (χ0v) is 23.2. The molecule has 5 rings (SSSR count). The van der Waals surface area contributed by atoms with Crippen molar-refractivity contribution in [1.82, 2.24) is 24.5 Å². The Morgan fingerprint density at radius 3 is 2.63 bits per heavy atom. The minimum absolute atomic E-state index is 0.0421. The van der Waals surface area contributed by atoms with Crippen LogP contribution in [0.15, 0.2) is 12.3 Å². The number of anilines is 1. The quantitative estimate of drug-likeness (QED) is 0.547. The molecule has 0 saturated carbocycles. The fraction of sp³-hybridized carbons (Fsp3) is 0.625. The van der Waals surface area contributed by atoms with Crippen molar-refractivity contribution in [1.29, 1.82) is 0 Å². The predicted octanol–water partition coefficient (Wildman–Crippen LogP) is 3.36. The fourth-order valence-corrected chi connectivity index (χ4v) is 8.33. The van der Waals surface area contributed by atoms with E-state index >= 15 is 0 Å². The Bertz CT molecular complexity index is 1360. The van der Waals surface area contributed by atoms with Crippen LogP contribution < -0.4 is 10.6 Å². The number of amides is 1. The zero-order chi connectivity index (χ0) is 27.6. The molecule has 208 valence electrons. The molecule has 1 amide bonds. The number of rotatable bonds is 6. The summed E-state index contributed by atoms with van der Waals surface area (Å²) in [7, 11) is -1.48. The molecule has 9 nitrogen and oxygen atoms in total. The Hall–Kier alpha value is -2.29.